The maximum atomic E-state index is 14.4. The standard InChI is InChI=1S/C29H30N4O4/c1-2-25(21-11-5-3-6-12-21)33(28(35)36)29(32-17-19-37-20-18-32)27(34)30-24-16-10-9-15-23(24)26(31-29)22-13-7-4-8-14-22/h3-16,25H,2,17-20H2,1H3,(H,30,34)(H,35,36)/t25-,29-/m1/s1. The van der Waals surface area contributed by atoms with Crippen LogP contribution in [0.4, 0.5) is 10.5 Å². The number of amides is 2. The molecule has 0 spiro atoms. The molecule has 8 nitrogen and oxygen atoms in total. The van der Waals surface area contributed by atoms with Crippen LogP contribution < -0.4 is 5.32 Å². The van der Waals surface area contributed by atoms with Crippen LogP contribution in [0.2, 0.25) is 0 Å². The summed E-state index contributed by atoms with van der Waals surface area (Å²) in [6.07, 6.45) is -0.766. The molecule has 0 bridgehead atoms. The lowest BCUT2D eigenvalue weighted by Gasteiger charge is -2.48. The number of para-hydroxylation sites is 1. The molecule has 2 N–H and O–H groups in total. The summed E-state index contributed by atoms with van der Waals surface area (Å²) in [5.74, 6) is -2.37. The molecule has 0 unspecified atom stereocenters. The molecule has 5 rings (SSSR count). The zero-order valence-electron chi connectivity index (χ0n) is 20.7. The number of ether oxygens (including phenoxy) is 1. The number of benzodiazepines with no additional fused rings is 1. The van der Waals surface area contributed by atoms with E-state index in [4.69, 9.17) is 9.73 Å². The van der Waals surface area contributed by atoms with Gasteiger partial charge in [-0.05, 0) is 18.1 Å². The van der Waals surface area contributed by atoms with E-state index in [0.717, 1.165) is 16.7 Å². The Hall–Kier alpha value is -4.01. The fourth-order valence-corrected chi connectivity index (χ4v) is 5.22. The van der Waals surface area contributed by atoms with Crippen LogP contribution in [-0.2, 0) is 9.53 Å². The maximum absolute atomic E-state index is 14.4. The third-order valence-electron chi connectivity index (χ3n) is 6.93. The first-order valence-corrected chi connectivity index (χ1v) is 12.5. The lowest BCUT2D eigenvalue weighted by molar-refractivity contribution is -0.150. The number of morpholine rings is 1. The molecule has 1 fully saturated rings. The van der Waals surface area contributed by atoms with Crippen LogP contribution in [0.1, 0.15) is 36.1 Å². The van der Waals surface area contributed by atoms with Gasteiger partial charge >= 0.3 is 6.09 Å². The quantitative estimate of drug-likeness (QED) is 0.518. The number of hydrogen-bond acceptors (Lipinski definition) is 5. The fourth-order valence-electron chi connectivity index (χ4n) is 5.22. The van der Waals surface area contributed by atoms with Crippen molar-refractivity contribution in [2.45, 2.75) is 25.2 Å². The van der Waals surface area contributed by atoms with E-state index in [2.05, 4.69) is 5.32 Å². The van der Waals surface area contributed by atoms with Gasteiger partial charge in [0.25, 0.3) is 11.7 Å². The van der Waals surface area contributed by atoms with Crippen molar-refractivity contribution >= 4 is 23.4 Å². The topological polar surface area (TPSA) is 94.5 Å². The number of nitrogens with zero attached hydrogens (tertiary/aromatic N) is 3. The highest BCUT2D eigenvalue weighted by Crippen LogP contribution is 2.39. The van der Waals surface area contributed by atoms with E-state index in [0.29, 0.717) is 44.1 Å². The van der Waals surface area contributed by atoms with Gasteiger partial charge in [0.05, 0.1) is 30.7 Å². The first kappa shape index (κ1) is 24.7. The average molecular weight is 499 g/mol. The average Bonchev–Trinajstić information content (AvgIpc) is 3.07. The molecule has 1 saturated heterocycles. The number of carbonyl (C=O) groups excluding carboxylic acids is 1. The van der Waals surface area contributed by atoms with Gasteiger partial charge < -0.3 is 15.2 Å². The Balaban J connectivity index is 1.81. The van der Waals surface area contributed by atoms with Crippen molar-refractivity contribution in [3.05, 3.63) is 102 Å². The summed E-state index contributed by atoms with van der Waals surface area (Å²) < 4.78 is 5.60. The summed E-state index contributed by atoms with van der Waals surface area (Å²) in [6, 6.07) is 25.8. The molecule has 3 aromatic rings. The number of fused-ring (bicyclic) bond motifs is 1. The summed E-state index contributed by atoms with van der Waals surface area (Å²) in [5, 5.41) is 13.8. The van der Waals surface area contributed by atoms with Crippen molar-refractivity contribution in [1.29, 1.82) is 0 Å². The Morgan fingerprint density at radius 1 is 1.03 bits per heavy atom. The van der Waals surface area contributed by atoms with E-state index in [-0.39, 0.29) is 0 Å². The van der Waals surface area contributed by atoms with Gasteiger partial charge in [-0.25, -0.2) is 14.7 Å². The van der Waals surface area contributed by atoms with Gasteiger partial charge in [0.1, 0.15) is 0 Å². The van der Waals surface area contributed by atoms with Crippen molar-refractivity contribution in [3.8, 4) is 0 Å². The second-order valence-corrected chi connectivity index (χ2v) is 9.05. The van der Waals surface area contributed by atoms with Crippen molar-refractivity contribution in [1.82, 2.24) is 9.80 Å². The van der Waals surface area contributed by atoms with Gasteiger partial charge in [0, 0.05) is 24.2 Å². The van der Waals surface area contributed by atoms with Crippen molar-refractivity contribution in [2.24, 2.45) is 4.99 Å². The van der Waals surface area contributed by atoms with Crippen LogP contribution in [0.3, 0.4) is 0 Å². The predicted octanol–water partition coefficient (Wildman–Crippen LogP) is 4.59. The highest BCUT2D eigenvalue weighted by molar-refractivity contribution is 6.20. The Kier molecular flexibility index (Phi) is 7.03. The van der Waals surface area contributed by atoms with E-state index in [9.17, 15) is 14.7 Å². The van der Waals surface area contributed by atoms with Gasteiger partial charge in [-0.2, -0.15) is 0 Å². The Morgan fingerprint density at radius 2 is 1.65 bits per heavy atom. The normalized spacial score (nSPS) is 20.7. The highest BCUT2D eigenvalue weighted by Gasteiger charge is 2.56. The Labute approximate surface area is 216 Å². The monoisotopic (exact) mass is 498 g/mol. The van der Waals surface area contributed by atoms with Crippen molar-refractivity contribution in [2.75, 3.05) is 31.6 Å². The lowest BCUT2D eigenvalue weighted by atomic mass is 9.99. The summed E-state index contributed by atoms with van der Waals surface area (Å²) in [7, 11) is 0. The van der Waals surface area contributed by atoms with Crippen LogP contribution in [0, 0.1) is 0 Å². The SMILES string of the molecule is CC[C@H](c1ccccc1)N(C(=O)O)[C@@]1(N2CCOCC2)N=C(c2ccccc2)c2ccccc2NC1=O. The predicted molar refractivity (Wildman–Crippen MR) is 142 cm³/mol. The number of nitrogens with one attached hydrogen (secondary N) is 1. The maximum Gasteiger partial charge on any atom is 0.411 e. The van der Waals surface area contributed by atoms with Crippen LogP contribution in [-0.4, -0.2) is 64.7 Å². The minimum atomic E-state index is -1.86. The lowest BCUT2D eigenvalue weighted by Crippen LogP contribution is -2.69. The molecule has 2 heterocycles. The van der Waals surface area contributed by atoms with Crippen molar-refractivity contribution < 1.29 is 19.4 Å². The molecule has 8 heteroatoms. The van der Waals surface area contributed by atoms with Crippen molar-refractivity contribution in [3.63, 3.8) is 0 Å². The van der Waals surface area contributed by atoms with E-state index in [1.54, 1.807) is 0 Å². The molecular weight excluding hydrogens is 468 g/mol. The number of aliphatic imine (C=N–C) groups is 1. The molecule has 0 aromatic heterocycles. The largest absolute Gasteiger partial charge is 0.465 e. The summed E-state index contributed by atoms with van der Waals surface area (Å²) in [4.78, 5) is 35.8. The first-order valence-electron chi connectivity index (χ1n) is 12.5. The van der Waals surface area contributed by atoms with Gasteiger partial charge in [0.2, 0.25) is 0 Å². The van der Waals surface area contributed by atoms with Crippen LogP contribution in [0.25, 0.3) is 0 Å². The minimum absolute atomic E-state index is 0.352. The number of carboxylic acid groups (broad SMARTS) is 1. The van der Waals surface area contributed by atoms with Gasteiger partial charge in [-0.15, -0.1) is 0 Å². The van der Waals surface area contributed by atoms with Crippen LogP contribution in [0.15, 0.2) is 89.9 Å². The third-order valence-corrected chi connectivity index (χ3v) is 6.93. The minimum Gasteiger partial charge on any atom is -0.465 e. The molecule has 2 aliphatic heterocycles. The summed E-state index contributed by atoms with van der Waals surface area (Å²) in [5.41, 5.74) is 3.46. The van der Waals surface area contributed by atoms with Crippen LogP contribution >= 0.6 is 0 Å². The third kappa shape index (κ3) is 4.50. The van der Waals surface area contributed by atoms with E-state index in [1.165, 1.54) is 4.90 Å². The Morgan fingerprint density at radius 3 is 2.30 bits per heavy atom. The number of hydrogen-bond donors (Lipinski definition) is 2. The highest BCUT2D eigenvalue weighted by atomic mass is 16.5. The molecule has 37 heavy (non-hydrogen) atoms. The van der Waals surface area contributed by atoms with Crippen LogP contribution in [0.5, 0.6) is 0 Å². The zero-order chi connectivity index (χ0) is 25.8. The number of benzene rings is 3. The van der Waals surface area contributed by atoms with Gasteiger partial charge in [-0.1, -0.05) is 85.8 Å². The summed E-state index contributed by atoms with van der Waals surface area (Å²) >= 11 is 0. The molecule has 2 aliphatic rings. The molecule has 0 radical (unpaired) electrons. The van der Waals surface area contributed by atoms with Gasteiger partial charge in [0.15, 0.2) is 0 Å². The number of carbonyl (C=O) groups is 2. The smallest absolute Gasteiger partial charge is 0.411 e. The zero-order valence-corrected chi connectivity index (χ0v) is 20.7. The second kappa shape index (κ2) is 10.5. The molecule has 2 amide bonds. The Bertz CT molecular complexity index is 1290. The molecular formula is C29H30N4O4. The number of anilines is 1. The van der Waals surface area contributed by atoms with E-state index >= 15 is 0 Å². The number of rotatable bonds is 6. The second-order valence-electron chi connectivity index (χ2n) is 9.05. The molecule has 190 valence electrons. The van der Waals surface area contributed by atoms with Gasteiger partial charge in [-0.3, -0.25) is 9.69 Å². The molecule has 3 aromatic carbocycles. The molecule has 2 atom stereocenters. The van der Waals surface area contributed by atoms with E-state index in [1.807, 2.05) is 96.8 Å². The molecule has 0 aliphatic carbocycles. The first-order chi connectivity index (χ1) is 18.1. The van der Waals surface area contributed by atoms with E-state index < -0.39 is 23.8 Å². The molecule has 0 saturated carbocycles. The summed E-state index contributed by atoms with van der Waals surface area (Å²) in [6.45, 7) is 3.36. The fraction of sp³-hybridized carbons (Fsp3) is 0.276.